The zero-order chi connectivity index (χ0) is 59.9. The van der Waals surface area contributed by atoms with E-state index in [4.69, 9.17) is 14.2 Å². The molecule has 0 saturated heterocycles. The largest absolute Gasteiger partial charge is 0.462 e. The number of carbonyl (C=O) groups is 3. The molecule has 0 saturated carbocycles. The molecule has 0 aliphatic heterocycles. The van der Waals surface area contributed by atoms with Crippen LogP contribution in [0, 0.1) is 0 Å². The predicted molar refractivity (Wildman–Crippen MR) is 362 cm³/mol. The number of unbranched alkanes of at least 4 members (excludes halogenated alkanes) is 26. The average Bonchev–Trinajstić information content (AvgIpc) is 3.49. The summed E-state index contributed by atoms with van der Waals surface area (Å²) in [4.78, 5) is 38.3. The second-order valence-corrected chi connectivity index (χ2v) is 22.3. The van der Waals surface area contributed by atoms with Gasteiger partial charge < -0.3 is 14.2 Å². The van der Waals surface area contributed by atoms with Crippen LogP contribution in [0.15, 0.2) is 146 Å². The number of hydrogen-bond acceptors (Lipinski definition) is 6. The molecular weight excluding hydrogens is 1020 g/mol. The normalized spacial score (nSPS) is 13.0. The molecule has 0 aliphatic rings. The Labute approximate surface area is 512 Å². The van der Waals surface area contributed by atoms with Gasteiger partial charge in [0.25, 0.3) is 0 Å². The lowest BCUT2D eigenvalue weighted by atomic mass is 10.0. The standard InChI is InChI=1S/C77H126O6/c1-4-7-10-13-16-19-22-25-27-29-31-32-33-34-35-36-37-38-39-40-41-42-43-44-46-47-49-52-55-58-61-64-67-70-76(79)82-73-74(72-81-75(78)69-66-63-60-57-54-51-24-21-18-15-12-9-6-3)83-77(80)71-68-65-62-59-56-53-50-48-45-30-28-26-23-20-17-14-11-8-5-2/h8-9,11-12,17-18,20-22,25-26,28-29,31,33-34,45,48,51,53-54,56,62,65,74H,4-7,10,13-16,19,23-24,27,30,32,35-44,46-47,49-50,52,55,57-61,63-64,66-73H2,1-3H3/b11-8-,12-9-,20-17-,21-18-,25-22-,28-26-,31-29-,34-33-,48-45-,54-51-,56-53-,65-62-. The lowest BCUT2D eigenvalue weighted by Crippen LogP contribution is -2.30. The molecule has 6 nitrogen and oxygen atoms in total. The fourth-order valence-corrected chi connectivity index (χ4v) is 9.26. The molecule has 0 amide bonds. The van der Waals surface area contributed by atoms with Gasteiger partial charge in [-0.3, -0.25) is 14.4 Å². The van der Waals surface area contributed by atoms with Crippen molar-refractivity contribution in [2.75, 3.05) is 13.2 Å². The first-order valence-corrected chi connectivity index (χ1v) is 34.3. The topological polar surface area (TPSA) is 78.9 Å². The SMILES string of the molecule is CC/C=C\C/C=C\C/C=C\C/C=C\C/C=C\C/C=C\CCC(=O)OC(COC(=O)CCCCC/C=C\C/C=C\C/C=C\CC)COC(=O)CCCCCCCCCCCCCCCCCCCC/C=C\C/C=C\C/C=C\CCCCCCC. The van der Waals surface area contributed by atoms with Crippen LogP contribution in [-0.2, 0) is 28.6 Å². The Bertz CT molecular complexity index is 1800. The number of rotatable bonds is 61. The summed E-state index contributed by atoms with van der Waals surface area (Å²) in [7, 11) is 0. The van der Waals surface area contributed by atoms with Gasteiger partial charge in [-0.1, -0.05) is 301 Å². The van der Waals surface area contributed by atoms with E-state index in [1.165, 1.54) is 141 Å². The van der Waals surface area contributed by atoms with Crippen LogP contribution in [0.1, 0.15) is 303 Å². The maximum absolute atomic E-state index is 12.9. The first kappa shape index (κ1) is 78.3. The Morgan fingerprint density at radius 2 is 0.494 bits per heavy atom. The minimum atomic E-state index is -0.837. The fraction of sp³-hybridized carbons (Fsp3) is 0.649. The van der Waals surface area contributed by atoms with E-state index >= 15 is 0 Å². The van der Waals surface area contributed by atoms with Crippen molar-refractivity contribution in [1.29, 1.82) is 0 Å². The van der Waals surface area contributed by atoms with E-state index < -0.39 is 12.1 Å². The van der Waals surface area contributed by atoms with Crippen molar-refractivity contribution in [3.63, 3.8) is 0 Å². The smallest absolute Gasteiger partial charge is 0.306 e. The summed E-state index contributed by atoms with van der Waals surface area (Å²) in [5, 5.41) is 0. The Balaban J connectivity index is 4.29. The molecule has 470 valence electrons. The maximum Gasteiger partial charge on any atom is 0.306 e. The maximum atomic E-state index is 12.9. The summed E-state index contributed by atoms with van der Waals surface area (Å²) in [6.07, 6.45) is 100. The summed E-state index contributed by atoms with van der Waals surface area (Å²) in [6.45, 7) is 6.32. The van der Waals surface area contributed by atoms with Gasteiger partial charge in [-0.25, -0.2) is 0 Å². The Hall–Kier alpha value is -4.71. The molecule has 0 rings (SSSR count). The molecule has 0 aromatic rings. The van der Waals surface area contributed by atoms with Crippen LogP contribution in [0.5, 0.6) is 0 Å². The minimum Gasteiger partial charge on any atom is -0.462 e. The third-order valence-corrected chi connectivity index (χ3v) is 14.3. The van der Waals surface area contributed by atoms with Crippen LogP contribution in [0.25, 0.3) is 0 Å². The van der Waals surface area contributed by atoms with Gasteiger partial charge in [0.1, 0.15) is 13.2 Å². The van der Waals surface area contributed by atoms with Crippen molar-refractivity contribution in [3.8, 4) is 0 Å². The zero-order valence-corrected chi connectivity index (χ0v) is 53.9. The molecule has 0 aromatic heterocycles. The van der Waals surface area contributed by atoms with E-state index in [2.05, 4.69) is 154 Å². The zero-order valence-electron chi connectivity index (χ0n) is 53.9. The molecule has 0 radical (unpaired) electrons. The van der Waals surface area contributed by atoms with Crippen LogP contribution in [0.2, 0.25) is 0 Å². The van der Waals surface area contributed by atoms with Gasteiger partial charge in [0.15, 0.2) is 6.10 Å². The molecule has 1 atom stereocenters. The number of hydrogen-bond donors (Lipinski definition) is 0. The number of allylic oxidation sites excluding steroid dienone is 24. The Kier molecular flexibility index (Phi) is 65.8. The van der Waals surface area contributed by atoms with E-state index in [0.717, 1.165) is 116 Å². The second kappa shape index (κ2) is 69.8. The number of carbonyl (C=O) groups excluding carboxylic acids is 3. The van der Waals surface area contributed by atoms with Crippen LogP contribution in [0.4, 0.5) is 0 Å². The highest BCUT2D eigenvalue weighted by Crippen LogP contribution is 2.16. The lowest BCUT2D eigenvalue weighted by molar-refractivity contribution is -0.166. The van der Waals surface area contributed by atoms with Gasteiger partial charge in [-0.2, -0.15) is 0 Å². The number of esters is 3. The predicted octanol–water partition coefficient (Wildman–Crippen LogP) is 23.9. The van der Waals surface area contributed by atoms with Gasteiger partial charge in [0.2, 0.25) is 0 Å². The van der Waals surface area contributed by atoms with Crippen molar-refractivity contribution in [3.05, 3.63) is 146 Å². The molecule has 0 bridgehead atoms. The van der Waals surface area contributed by atoms with E-state index in [-0.39, 0.29) is 31.6 Å². The van der Waals surface area contributed by atoms with Crippen molar-refractivity contribution >= 4 is 17.9 Å². The summed E-state index contributed by atoms with van der Waals surface area (Å²) in [5.41, 5.74) is 0. The van der Waals surface area contributed by atoms with Crippen LogP contribution in [-0.4, -0.2) is 37.2 Å². The van der Waals surface area contributed by atoms with Crippen LogP contribution < -0.4 is 0 Å². The molecule has 0 aliphatic carbocycles. The average molecular weight is 1150 g/mol. The molecular formula is C77H126O6. The Morgan fingerprint density at radius 1 is 0.253 bits per heavy atom. The van der Waals surface area contributed by atoms with Gasteiger partial charge in [-0.15, -0.1) is 0 Å². The molecule has 1 unspecified atom stereocenters. The van der Waals surface area contributed by atoms with Crippen molar-refractivity contribution in [2.24, 2.45) is 0 Å². The fourth-order valence-electron chi connectivity index (χ4n) is 9.26. The molecule has 6 heteroatoms. The molecule has 0 spiro atoms. The molecule has 0 N–H and O–H groups in total. The van der Waals surface area contributed by atoms with Gasteiger partial charge in [0.05, 0.1) is 0 Å². The van der Waals surface area contributed by atoms with E-state index in [1.807, 2.05) is 12.2 Å². The van der Waals surface area contributed by atoms with Gasteiger partial charge in [0, 0.05) is 19.3 Å². The van der Waals surface area contributed by atoms with E-state index in [0.29, 0.717) is 19.3 Å². The monoisotopic (exact) mass is 1150 g/mol. The van der Waals surface area contributed by atoms with E-state index in [1.54, 1.807) is 0 Å². The third-order valence-electron chi connectivity index (χ3n) is 14.3. The highest BCUT2D eigenvalue weighted by atomic mass is 16.6. The summed E-state index contributed by atoms with van der Waals surface area (Å²) >= 11 is 0. The quantitative estimate of drug-likeness (QED) is 0.0261. The first-order valence-electron chi connectivity index (χ1n) is 34.3. The highest BCUT2D eigenvalue weighted by Gasteiger charge is 2.19. The number of ether oxygens (including phenoxy) is 3. The van der Waals surface area contributed by atoms with E-state index in [9.17, 15) is 14.4 Å². The van der Waals surface area contributed by atoms with Gasteiger partial charge >= 0.3 is 17.9 Å². The molecule has 83 heavy (non-hydrogen) atoms. The van der Waals surface area contributed by atoms with Crippen LogP contribution in [0.3, 0.4) is 0 Å². The van der Waals surface area contributed by atoms with Crippen LogP contribution >= 0.6 is 0 Å². The van der Waals surface area contributed by atoms with Crippen molar-refractivity contribution in [1.82, 2.24) is 0 Å². The third kappa shape index (κ3) is 68.0. The minimum absolute atomic E-state index is 0.121. The molecule has 0 fully saturated rings. The summed E-state index contributed by atoms with van der Waals surface area (Å²) < 4.78 is 16.8. The van der Waals surface area contributed by atoms with Crippen molar-refractivity contribution in [2.45, 2.75) is 309 Å². The van der Waals surface area contributed by atoms with Gasteiger partial charge in [-0.05, 0) is 128 Å². The highest BCUT2D eigenvalue weighted by molar-refractivity contribution is 5.71. The Morgan fingerprint density at radius 3 is 0.795 bits per heavy atom. The summed E-state index contributed by atoms with van der Waals surface area (Å²) in [5.74, 6) is -1.03. The first-order chi connectivity index (χ1) is 41.0. The van der Waals surface area contributed by atoms with Crippen molar-refractivity contribution < 1.29 is 28.6 Å². The second-order valence-electron chi connectivity index (χ2n) is 22.3. The molecule has 0 heterocycles. The molecule has 0 aromatic carbocycles. The summed E-state index contributed by atoms with van der Waals surface area (Å²) in [6, 6.07) is 0. The lowest BCUT2D eigenvalue weighted by Gasteiger charge is -2.18.